The molecule has 1 fully saturated rings. The summed E-state index contributed by atoms with van der Waals surface area (Å²) < 4.78 is 5.40. The Morgan fingerprint density at radius 2 is 1.67 bits per heavy atom. The fourth-order valence-corrected chi connectivity index (χ4v) is 2.53. The zero-order valence-electron chi connectivity index (χ0n) is 11.6. The van der Waals surface area contributed by atoms with Crippen molar-refractivity contribution in [2.24, 2.45) is 0 Å². The second-order valence-electron chi connectivity index (χ2n) is 5.29. The molecule has 1 saturated carbocycles. The van der Waals surface area contributed by atoms with Crippen molar-refractivity contribution in [3.63, 3.8) is 0 Å². The lowest BCUT2D eigenvalue weighted by Gasteiger charge is -2.29. The fourth-order valence-electron chi connectivity index (χ4n) is 2.53. The molecule has 0 amide bonds. The van der Waals surface area contributed by atoms with Gasteiger partial charge in [0.25, 0.3) is 0 Å². The van der Waals surface area contributed by atoms with Gasteiger partial charge in [0.15, 0.2) is 0 Å². The van der Waals surface area contributed by atoms with Crippen molar-refractivity contribution in [1.29, 1.82) is 0 Å². The van der Waals surface area contributed by atoms with Crippen molar-refractivity contribution in [2.45, 2.75) is 37.8 Å². The van der Waals surface area contributed by atoms with E-state index in [4.69, 9.17) is 4.74 Å². The number of benzene rings is 1. The van der Waals surface area contributed by atoms with E-state index in [2.05, 4.69) is 48.6 Å². The van der Waals surface area contributed by atoms with Gasteiger partial charge in [0.1, 0.15) is 0 Å². The first kappa shape index (κ1) is 13.2. The SMILES string of the molecule is COC1CCC(Nc2ccc(N(C)C)cc2)CC1. The summed E-state index contributed by atoms with van der Waals surface area (Å²) in [6, 6.07) is 9.24. The van der Waals surface area contributed by atoms with Crippen molar-refractivity contribution in [1.82, 2.24) is 0 Å². The Morgan fingerprint density at radius 1 is 1.06 bits per heavy atom. The lowest BCUT2D eigenvalue weighted by Crippen LogP contribution is -2.29. The maximum Gasteiger partial charge on any atom is 0.0572 e. The molecule has 1 aromatic carbocycles. The minimum absolute atomic E-state index is 0.471. The molecule has 0 aliphatic heterocycles. The van der Waals surface area contributed by atoms with Gasteiger partial charge < -0.3 is 15.0 Å². The monoisotopic (exact) mass is 248 g/mol. The van der Waals surface area contributed by atoms with Gasteiger partial charge in [0, 0.05) is 38.6 Å². The summed E-state index contributed by atoms with van der Waals surface area (Å²) >= 11 is 0. The number of rotatable bonds is 4. The predicted octanol–water partition coefficient (Wildman–Crippen LogP) is 3.12. The van der Waals surface area contributed by atoms with Crippen LogP contribution in [0.15, 0.2) is 24.3 Å². The minimum atomic E-state index is 0.471. The molecule has 3 heteroatoms. The van der Waals surface area contributed by atoms with Gasteiger partial charge in [-0.15, -0.1) is 0 Å². The van der Waals surface area contributed by atoms with Crippen LogP contribution >= 0.6 is 0 Å². The van der Waals surface area contributed by atoms with Crippen LogP contribution in [0.3, 0.4) is 0 Å². The van der Waals surface area contributed by atoms with E-state index in [0.717, 1.165) is 0 Å². The third kappa shape index (κ3) is 3.39. The van der Waals surface area contributed by atoms with Gasteiger partial charge >= 0.3 is 0 Å². The fraction of sp³-hybridized carbons (Fsp3) is 0.600. The van der Waals surface area contributed by atoms with E-state index in [1.54, 1.807) is 0 Å². The van der Waals surface area contributed by atoms with Crippen molar-refractivity contribution in [3.8, 4) is 0 Å². The Balaban J connectivity index is 1.86. The number of ether oxygens (including phenoxy) is 1. The summed E-state index contributed by atoms with van der Waals surface area (Å²) in [5.74, 6) is 0. The largest absolute Gasteiger partial charge is 0.382 e. The molecule has 1 aromatic rings. The van der Waals surface area contributed by atoms with E-state index in [1.165, 1.54) is 37.1 Å². The highest BCUT2D eigenvalue weighted by Gasteiger charge is 2.20. The molecule has 18 heavy (non-hydrogen) atoms. The highest BCUT2D eigenvalue weighted by molar-refractivity contribution is 5.54. The molecule has 1 aliphatic carbocycles. The van der Waals surface area contributed by atoms with Gasteiger partial charge in [-0.25, -0.2) is 0 Å². The van der Waals surface area contributed by atoms with Gasteiger partial charge in [-0.05, 0) is 49.9 Å². The summed E-state index contributed by atoms with van der Waals surface area (Å²) in [6.07, 6.45) is 5.22. The van der Waals surface area contributed by atoms with E-state index in [0.29, 0.717) is 12.1 Å². The summed E-state index contributed by atoms with van der Waals surface area (Å²) in [5.41, 5.74) is 2.46. The molecule has 1 aliphatic rings. The molecule has 0 radical (unpaired) electrons. The van der Waals surface area contributed by atoms with E-state index >= 15 is 0 Å². The number of nitrogens with zero attached hydrogens (tertiary/aromatic N) is 1. The Kier molecular flexibility index (Phi) is 4.48. The smallest absolute Gasteiger partial charge is 0.0572 e. The average Bonchev–Trinajstić information content (AvgIpc) is 2.40. The summed E-state index contributed by atoms with van der Waals surface area (Å²) in [6.45, 7) is 0. The molecule has 0 spiro atoms. The van der Waals surface area contributed by atoms with Crippen LogP contribution in [0.1, 0.15) is 25.7 Å². The first-order chi connectivity index (χ1) is 8.69. The average molecular weight is 248 g/mol. The summed E-state index contributed by atoms with van der Waals surface area (Å²) in [7, 11) is 5.95. The van der Waals surface area contributed by atoms with Crippen molar-refractivity contribution >= 4 is 11.4 Å². The zero-order valence-corrected chi connectivity index (χ0v) is 11.6. The second kappa shape index (κ2) is 6.10. The lowest BCUT2D eigenvalue weighted by molar-refractivity contribution is 0.0682. The maximum absolute atomic E-state index is 5.40. The highest BCUT2D eigenvalue weighted by Crippen LogP contribution is 2.24. The quantitative estimate of drug-likeness (QED) is 0.886. The minimum Gasteiger partial charge on any atom is -0.382 e. The number of hydrogen-bond acceptors (Lipinski definition) is 3. The normalized spacial score (nSPS) is 23.7. The Morgan fingerprint density at radius 3 is 2.17 bits per heavy atom. The van der Waals surface area contributed by atoms with Gasteiger partial charge in [-0.3, -0.25) is 0 Å². The topological polar surface area (TPSA) is 24.5 Å². The molecule has 0 atom stereocenters. The van der Waals surface area contributed by atoms with E-state index < -0.39 is 0 Å². The molecule has 0 aromatic heterocycles. The van der Waals surface area contributed by atoms with Crippen LogP contribution in [0.5, 0.6) is 0 Å². The van der Waals surface area contributed by atoms with Gasteiger partial charge in [-0.2, -0.15) is 0 Å². The third-order valence-corrected chi connectivity index (χ3v) is 3.76. The highest BCUT2D eigenvalue weighted by atomic mass is 16.5. The zero-order chi connectivity index (χ0) is 13.0. The molecule has 2 rings (SSSR count). The molecule has 3 nitrogen and oxygen atoms in total. The first-order valence-electron chi connectivity index (χ1n) is 6.76. The Hall–Kier alpha value is -1.22. The molecule has 0 unspecified atom stereocenters. The van der Waals surface area contributed by atoms with Crippen molar-refractivity contribution in [2.75, 3.05) is 31.4 Å². The van der Waals surface area contributed by atoms with E-state index in [9.17, 15) is 0 Å². The lowest BCUT2D eigenvalue weighted by atomic mass is 9.93. The molecular formula is C15H24N2O. The molecule has 100 valence electrons. The second-order valence-corrected chi connectivity index (χ2v) is 5.29. The van der Waals surface area contributed by atoms with Crippen LogP contribution in [0.2, 0.25) is 0 Å². The van der Waals surface area contributed by atoms with Crippen LogP contribution in [-0.2, 0) is 4.74 Å². The van der Waals surface area contributed by atoms with Crippen molar-refractivity contribution < 1.29 is 4.74 Å². The van der Waals surface area contributed by atoms with E-state index in [-0.39, 0.29) is 0 Å². The van der Waals surface area contributed by atoms with Crippen molar-refractivity contribution in [3.05, 3.63) is 24.3 Å². The van der Waals surface area contributed by atoms with Crippen LogP contribution in [-0.4, -0.2) is 33.4 Å². The van der Waals surface area contributed by atoms with Crippen LogP contribution in [0, 0.1) is 0 Å². The van der Waals surface area contributed by atoms with Crippen LogP contribution in [0.4, 0.5) is 11.4 Å². The predicted molar refractivity (Wildman–Crippen MR) is 77.4 cm³/mol. The summed E-state index contributed by atoms with van der Waals surface area (Å²) in [4.78, 5) is 2.12. The van der Waals surface area contributed by atoms with Crippen LogP contribution < -0.4 is 10.2 Å². The molecular weight excluding hydrogens is 224 g/mol. The number of anilines is 2. The Bertz CT molecular complexity index is 353. The van der Waals surface area contributed by atoms with Gasteiger partial charge in [0.2, 0.25) is 0 Å². The number of hydrogen-bond donors (Lipinski definition) is 1. The first-order valence-corrected chi connectivity index (χ1v) is 6.76. The summed E-state index contributed by atoms with van der Waals surface area (Å²) in [5, 5.41) is 3.62. The third-order valence-electron chi connectivity index (χ3n) is 3.76. The molecule has 0 saturated heterocycles. The molecule has 0 bridgehead atoms. The van der Waals surface area contributed by atoms with E-state index in [1.807, 2.05) is 7.11 Å². The maximum atomic E-state index is 5.40. The van der Waals surface area contributed by atoms with Gasteiger partial charge in [0.05, 0.1) is 6.10 Å². The molecule has 0 heterocycles. The molecule has 1 N–H and O–H groups in total. The number of nitrogens with one attached hydrogen (secondary N) is 1. The van der Waals surface area contributed by atoms with Gasteiger partial charge in [-0.1, -0.05) is 0 Å². The van der Waals surface area contributed by atoms with Crippen LogP contribution in [0.25, 0.3) is 0 Å². The number of methoxy groups -OCH3 is 1. The standard InChI is InChI=1S/C15H24N2O/c1-17(2)14-8-4-12(5-9-14)16-13-6-10-15(18-3)11-7-13/h4-5,8-9,13,15-16H,6-7,10-11H2,1-3H3. The Labute approximate surface area is 110 Å².